The second-order valence-corrected chi connectivity index (χ2v) is 3.05. The van der Waals surface area contributed by atoms with Crippen LogP contribution in [-0.2, 0) is 6.42 Å². The standard InChI is InChI=1S/C10H11ClN2O/c1-3-5-8-9(11)12-7-13-10(8)14-6-4-2/h2,7H,3,5-6H2,1H3. The zero-order valence-corrected chi connectivity index (χ0v) is 8.71. The molecule has 1 rings (SSSR count). The van der Waals surface area contributed by atoms with E-state index in [1.54, 1.807) is 0 Å². The molecule has 0 aromatic carbocycles. The van der Waals surface area contributed by atoms with Crippen LogP contribution in [0.5, 0.6) is 5.88 Å². The van der Waals surface area contributed by atoms with Gasteiger partial charge in [-0.2, -0.15) is 0 Å². The molecule has 3 nitrogen and oxygen atoms in total. The number of terminal acetylenes is 1. The van der Waals surface area contributed by atoms with Crippen LogP contribution in [-0.4, -0.2) is 16.6 Å². The SMILES string of the molecule is C#CCOc1ncnc(Cl)c1CCC. The average molecular weight is 211 g/mol. The summed E-state index contributed by atoms with van der Waals surface area (Å²) in [6, 6.07) is 0. The summed E-state index contributed by atoms with van der Waals surface area (Å²) in [5.74, 6) is 2.87. The first-order valence-electron chi connectivity index (χ1n) is 4.35. The van der Waals surface area contributed by atoms with Gasteiger partial charge in [0.05, 0.1) is 5.56 Å². The van der Waals surface area contributed by atoms with Crippen LogP contribution < -0.4 is 4.74 Å². The van der Waals surface area contributed by atoms with Gasteiger partial charge in [0.25, 0.3) is 0 Å². The number of aromatic nitrogens is 2. The lowest BCUT2D eigenvalue weighted by atomic mass is 10.2. The van der Waals surface area contributed by atoms with Crippen molar-refractivity contribution >= 4 is 11.6 Å². The summed E-state index contributed by atoms with van der Waals surface area (Å²) >= 11 is 5.90. The van der Waals surface area contributed by atoms with E-state index >= 15 is 0 Å². The molecule has 0 amide bonds. The molecule has 0 aliphatic rings. The summed E-state index contributed by atoms with van der Waals surface area (Å²) in [6.45, 7) is 2.25. The third kappa shape index (κ3) is 2.61. The minimum absolute atomic E-state index is 0.198. The molecule has 0 aliphatic heterocycles. The van der Waals surface area contributed by atoms with E-state index < -0.39 is 0 Å². The lowest BCUT2D eigenvalue weighted by molar-refractivity contribution is 0.350. The molecule has 0 aliphatic carbocycles. The Morgan fingerprint density at radius 1 is 1.57 bits per heavy atom. The maximum atomic E-state index is 5.90. The van der Waals surface area contributed by atoms with E-state index in [2.05, 4.69) is 15.9 Å². The maximum Gasteiger partial charge on any atom is 0.222 e. The molecule has 14 heavy (non-hydrogen) atoms. The lowest BCUT2D eigenvalue weighted by Crippen LogP contribution is -2.02. The van der Waals surface area contributed by atoms with E-state index in [1.807, 2.05) is 6.92 Å². The molecule has 74 valence electrons. The molecule has 0 unspecified atom stereocenters. The number of rotatable bonds is 4. The van der Waals surface area contributed by atoms with Gasteiger partial charge in [-0.3, -0.25) is 0 Å². The van der Waals surface area contributed by atoms with Crippen LogP contribution in [0.15, 0.2) is 6.33 Å². The topological polar surface area (TPSA) is 35.0 Å². The summed E-state index contributed by atoms with van der Waals surface area (Å²) in [5.41, 5.74) is 0.826. The van der Waals surface area contributed by atoms with Gasteiger partial charge in [0, 0.05) is 0 Å². The quantitative estimate of drug-likeness (QED) is 0.564. The fourth-order valence-electron chi connectivity index (χ4n) is 1.07. The van der Waals surface area contributed by atoms with Gasteiger partial charge in [-0.05, 0) is 6.42 Å². The maximum absolute atomic E-state index is 5.90. The largest absolute Gasteiger partial charge is 0.464 e. The number of hydrogen-bond acceptors (Lipinski definition) is 3. The van der Waals surface area contributed by atoms with Crippen LogP contribution in [0.4, 0.5) is 0 Å². The molecular weight excluding hydrogens is 200 g/mol. The van der Waals surface area contributed by atoms with Crippen molar-refractivity contribution in [3.8, 4) is 18.2 Å². The van der Waals surface area contributed by atoms with Crippen molar-refractivity contribution in [3.05, 3.63) is 17.0 Å². The van der Waals surface area contributed by atoms with Crippen molar-refractivity contribution < 1.29 is 4.74 Å². The molecule has 1 aromatic rings. The molecule has 1 heterocycles. The molecule has 1 aromatic heterocycles. The highest BCUT2D eigenvalue weighted by Crippen LogP contribution is 2.22. The fourth-order valence-corrected chi connectivity index (χ4v) is 1.29. The Labute approximate surface area is 88.5 Å². The Morgan fingerprint density at radius 3 is 3.00 bits per heavy atom. The molecule has 0 radical (unpaired) electrons. The van der Waals surface area contributed by atoms with Gasteiger partial charge in [0.15, 0.2) is 6.61 Å². The van der Waals surface area contributed by atoms with Gasteiger partial charge in [-0.1, -0.05) is 30.9 Å². The Balaban J connectivity index is 2.90. The van der Waals surface area contributed by atoms with E-state index in [9.17, 15) is 0 Å². The molecule has 0 fully saturated rings. The summed E-state index contributed by atoms with van der Waals surface area (Å²) in [4.78, 5) is 7.87. The zero-order chi connectivity index (χ0) is 10.4. The van der Waals surface area contributed by atoms with Crippen molar-refractivity contribution in [1.29, 1.82) is 0 Å². The lowest BCUT2D eigenvalue weighted by Gasteiger charge is -2.07. The molecule has 0 N–H and O–H groups in total. The van der Waals surface area contributed by atoms with Crippen LogP contribution in [0.2, 0.25) is 5.15 Å². The Bertz CT molecular complexity index is 346. The van der Waals surface area contributed by atoms with E-state index in [4.69, 9.17) is 22.8 Å². The molecule has 0 saturated carbocycles. The van der Waals surface area contributed by atoms with Crippen molar-refractivity contribution in [2.75, 3.05) is 6.61 Å². The normalized spacial score (nSPS) is 9.50. The van der Waals surface area contributed by atoms with Crippen LogP contribution in [0, 0.1) is 12.3 Å². The Morgan fingerprint density at radius 2 is 2.36 bits per heavy atom. The highest BCUT2D eigenvalue weighted by molar-refractivity contribution is 6.30. The van der Waals surface area contributed by atoms with Crippen molar-refractivity contribution in [2.45, 2.75) is 19.8 Å². The summed E-state index contributed by atoms with van der Waals surface area (Å²) in [5, 5.41) is 0.439. The molecule has 0 atom stereocenters. The predicted octanol–water partition coefficient (Wildman–Crippen LogP) is 2.09. The smallest absolute Gasteiger partial charge is 0.222 e. The second-order valence-electron chi connectivity index (χ2n) is 2.69. The third-order valence-electron chi connectivity index (χ3n) is 1.65. The second kappa shape index (κ2) is 5.46. The highest BCUT2D eigenvalue weighted by atomic mass is 35.5. The average Bonchev–Trinajstić information content (AvgIpc) is 2.19. The summed E-state index contributed by atoms with van der Waals surface area (Å²) in [6.07, 6.45) is 8.20. The van der Waals surface area contributed by atoms with E-state index in [0.29, 0.717) is 11.0 Å². The third-order valence-corrected chi connectivity index (χ3v) is 1.97. The minimum atomic E-state index is 0.198. The number of ether oxygens (including phenoxy) is 1. The van der Waals surface area contributed by atoms with Gasteiger partial charge in [-0.15, -0.1) is 6.42 Å². The van der Waals surface area contributed by atoms with Gasteiger partial charge < -0.3 is 4.74 Å². The van der Waals surface area contributed by atoms with Crippen LogP contribution in [0.3, 0.4) is 0 Å². The zero-order valence-electron chi connectivity index (χ0n) is 7.96. The van der Waals surface area contributed by atoms with E-state index in [0.717, 1.165) is 18.4 Å². The van der Waals surface area contributed by atoms with Crippen molar-refractivity contribution in [3.63, 3.8) is 0 Å². The molecule has 0 bridgehead atoms. The minimum Gasteiger partial charge on any atom is -0.464 e. The molecule has 0 spiro atoms. The first kappa shape index (κ1) is 10.8. The van der Waals surface area contributed by atoms with Gasteiger partial charge in [-0.25, -0.2) is 9.97 Å². The first-order valence-corrected chi connectivity index (χ1v) is 4.73. The number of nitrogens with zero attached hydrogens (tertiary/aromatic N) is 2. The number of hydrogen-bond donors (Lipinski definition) is 0. The summed E-state index contributed by atoms with van der Waals surface area (Å²) in [7, 11) is 0. The fraction of sp³-hybridized carbons (Fsp3) is 0.400. The van der Waals surface area contributed by atoms with Crippen LogP contribution in [0.1, 0.15) is 18.9 Å². The van der Waals surface area contributed by atoms with Crippen LogP contribution >= 0.6 is 11.6 Å². The van der Waals surface area contributed by atoms with Gasteiger partial charge in [0.2, 0.25) is 5.88 Å². The van der Waals surface area contributed by atoms with E-state index in [1.165, 1.54) is 6.33 Å². The van der Waals surface area contributed by atoms with Crippen molar-refractivity contribution in [2.24, 2.45) is 0 Å². The highest BCUT2D eigenvalue weighted by Gasteiger charge is 2.09. The van der Waals surface area contributed by atoms with Gasteiger partial charge >= 0.3 is 0 Å². The first-order chi connectivity index (χ1) is 6.79. The molecular formula is C10H11ClN2O. The predicted molar refractivity (Wildman–Crippen MR) is 55.4 cm³/mol. The Hall–Kier alpha value is -1.27. The van der Waals surface area contributed by atoms with Crippen LogP contribution in [0.25, 0.3) is 0 Å². The van der Waals surface area contributed by atoms with Gasteiger partial charge in [0.1, 0.15) is 11.5 Å². The monoisotopic (exact) mass is 210 g/mol. The van der Waals surface area contributed by atoms with Crippen molar-refractivity contribution in [1.82, 2.24) is 9.97 Å². The Kier molecular flexibility index (Phi) is 4.21. The summed E-state index contributed by atoms with van der Waals surface area (Å²) < 4.78 is 5.25. The molecule has 0 saturated heterocycles. The molecule has 4 heteroatoms. The van der Waals surface area contributed by atoms with E-state index in [-0.39, 0.29) is 6.61 Å². The number of halogens is 1.